The zero-order valence-corrected chi connectivity index (χ0v) is 15.1. The SMILES string of the molecule is CN=C(NCc1ccc(C)cc1C)NCC1CCN(CC(F)(F)F)C1. The molecule has 0 aliphatic carbocycles. The van der Waals surface area contributed by atoms with Gasteiger partial charge in [-0.15, -0.1) is 0 Å². The first-order chi connectivity index (χ1) is 11.8. The highest BCUT2D eigenvalue weighted by atomic mass is 19.4. The van der Waals surface area contributed by atoms with Crippen molar-refractivity contribution in [3.63, 3.8) is 0 Å². The van der Waals surface area contributed by atoms with Gasteiger partial charge in [-0.25, -0.2) is 0 Å². The third-order valence-corrected chi connectivity index (χ3v) is 4.50. The van der Waals surface area contributed by atoms with Gasteiger partial charge in [0.05, 0.1) is 6.54 Å². The Morgan fingerprint density at radius 2 is 2.04 bits per heavy atom. The second-order valence-corrected chi connectivity index (χ2v) is 6.74. The molecule has 1 atom stereocenters. The maximum absolute atomic E-state index is 12.4. The minimum absolute atomic E-state index is 0.210. The van der Waals surface area contributed by atoms with E-state index in [1.165, 1.54) is 21.6 Å². The van der Waals surface area contributed by atoms with Gasteiger partial charge in [0.1, 0.15) is 0 Å². The van der Waals surface area contributed by atoms with Crippen LogP contribution in [-0.4, -0.2) is 50.3 Å². The lowest BCUT2D eigenvalue weighted by molar-refractivity contribution is -0.143. The van der Waals surface area contributed by atoms with Crippen molar-refractivity contribution in [2.75, 3.05) is 33.2 Å². The molecule has 0 amide bonds. The number of halogens is 3. The smallest absolute Gasteiger partial charge is 0.356 e. The molecule has 0 radical (unpaired) electrons. The highest BCUT2D eigenvalue weighted by molar-refractivity contribution is 5.79. The van der Waals surface area contributed by atoms with Crippen molar-refractivity contribution in [2.45, 2.75) is 33.0 Å². The zero-order chi connectivity index (χ0) is 18.4. The van der Waals surface area contributed by atoms with E-state index in [9.17, 15) is 13.2 Å². The molecule has 0 saturated carbocycles. The first kappa shape index (κ1) is 19.6. The third kappa shape index (κ3) is 6.57. The highest BCUT2D eigenvalue weighted by Gasteiger charge is 2.34. The molecule has 1 aromatic carbocycles. The van der Waals surface area contributed by atoms with E-state index in [1.54, 1.807) is 7.05 Å². The lowest BCUT2D eigenvalue weighted by Crippen LogP contribution is -2.40. The van der Waals surface area contributed by atoms with Gasteiger partial charge in [-0.2, -0.15) is 13.2 Å². The number of nitrogens with zero attached hydrogens (tertiary/aromatic N) is 2. The lowest BCUT2D eigenvalue weighted by atomic mass is 10.1. The molecule has 4 nitrogen and oxygen atoms in total. The molecule has 1 aromatic rings. The summed E-state index contributed by atoms with van der Waals surface area (Å²) in [6.45, 7) is 5.59. The second-order valence-electron chi connectivity index (χ2n) is 6.74. The number of benzene rings is 1. The van der Waals surface area contributed by atoms with Crippen LogP contribution in [0.3, 0.4) is 0 Å². The van der Waals surface area contributed by atoms with Crippen molar-refractivity contribution >= 4 is 5.96 Å². The standard InChI is InChI=1S/C18H27F3N4/c1-13-4-5-16(14(2)8-13)10-24-17(22-3)23-9-15-6-7-25(11-15)12-18(19,20)21/h4-5,8,15H,6-7,9-12H2,1-3H3,(H2,22,23,24). The summed E-state index contributed by atoms with van der Waals surface area (Å²) >= 11 is 0. The van der Waals surface area contributed by atoms with Gasteiger partial charge in [0, 0.05) is 26.7 Å². The summed E-state index contributed by atoms with van der Waals surface area (Å²) in [7, 11) is 1.70. The average molecular weight is 356 g/mol. The fourth-order valence-electron chi connectivity index (χ4n) is 3.16. The largest absolute Gasteiger partial charge is 0.401 e. The molecule has 1 saturated heterocycles. The summed E-state index contributed by atoms with van der Waals surface area (Å²) in [6, 6.07) is 6.31. The van der Waals surface area contributed by atoms with Crippen LogP contribution in [0.25, 0.3) is 0 Å². The number of aliphatic imine (C=N–C) groups is 1. The number of aryl methyl sites for hydroxylation is 2. The Morgan fingerprint density at radius 3 is 2.68 bits per heavy atom. The molecule has 2 N–H and O–H groups in total. The monoisotopic (exact) mass is 356 g/mol. The van der Waals surface area contributed by atoms with Crippen LogP contribution >= 0.6 is 0 Å². The minimum Gasteiger partial charge on any atom is -0.356 e. The molecule has 0 aromatic heterocycles. The summed E-state index contributed by atoms with van der Waals surface area (Å²) in [5, 5.41) is 6.49. The fraction of sp³-hybridized carbons (Fsp3) is 0.611. The Kier molecular flexibility index (Phi) is 6.70. The van der Waals surface area contributed by atoms with Gasteiger partial charge >= 0.3 is 6.18 Å². The van der Waals surface area contributed by atoms with Crippen LogP contribution in [0.2, 0.25) is 0 Å². The lowest BCUT2D eigenvalue weighted by Gasteiger charge is -2.19. The number of guanidine groups is 1. The number of alkyl halides is 3. The summed E-state index contributed by atoms with van der Waals surface area (Å²) < 4.78 is 37.3. The average Bonchev–Trinajstić information content (AvgIpc) is 2.94. The van der Waals surface area contributed by atoms with E-state index in [1.807, 2.05) is 0 Å². The van der Waals surface area contributed by atoms with Gasteiger partial charge in [0.25, 0.3) is 0 Å². The molecule has 140 valence electrons. The quantitative estimate of drug-likeness (QED) is 0.630. The van der Waals surface area contributed by atoms with Gasteiger partial charge in [-0.1, -0.05) is 23.8 Å². The van der Waals surface area contributed by atoms with E-state index < -0.39 is 12.7 Å². The maximum atomic E-state index is 12.4. The molecule has 1 unspecified atom stereocenters. The Morgan fingerprint density at radius 1 is 1.28 bits per heavy atom. The second kappa shape index (κ2) is 8.56. The van der Waals surface area contributed by atoms with Crippen LogP contribution in [0.5, 0.6) is 0 Å². The highest BCUT2D eigenvalue weighted by Crippen LogP contribution is 2.22. The zero-order valence-electron chi connectivity index (χ0n) is 15.1. The Balaban J connectivity index is 1.76. The molecular formula is C18H27F3N4. The Hall–Kier alpha value is -1.76. The van der Waals surface area contributed by atoms with Crippen LogP contribution in [-0.2, 0) is 6.54 Å². The van der Waals surface area contributed by atoms with Crippen molar-refractivity contribution in [1.82, 2.24) is 15.5 Å². The van der Waals surface area contributed by atoms with Crippen LogP contribution in [0.1, 0.15) is 23.1 Å². The molecule has 1 fully saturated rings. The summed E-state index contributed by atoms with van der Waals surface area (Å²) in [5.41, 5.74) is 3.65. The number of hydrogen-bond acceptors (Lipinski definition) is 2. The number of hydrogen-bond donors (Lipinski definition) is 2. The minimum atomic E-state index is -4.12. The molecule has 1 aliphatic heterocycles. The first-order valence-corrected chi connectivity index (χ1v) is 8.56. The van der Waals surface area contributed by atoms with Gasteiger partial charge in [-0.05, 0) is 43.9 Å². The fourth-order valence-corrected chi connectivity index (χ4v) is 3.16. The van der Waals surface area contributed by atoms with Crippen LogP contribution in [0.4, 0.5) is 13.2 Å². The van der Waals surface area contributed by atoms with Crippen molar-refractivity contribution in [2.24, 2.45) is 10.9 Å². The van der Waals surface area contributed by atoms with E-state index in [-0.39, 0.29) is 5.92 Å². The van der Waals surface area contributed by atoms with Crippen molar-refractivity contribution in [3.05, 3.63) is 34.9 Å². The van der Waals surface area contributed by atoms with Crippen molar-refractivity contribution in [1.29, 1.82) is 0 Å². The topological polar surface area (TPSA) is 39.7 Å². The van der Waals surface area contributed by atoms with Gasteiger partial charge in [0.15, 0.2) is 5.96 Å². The predicted molar refractivity (Wildman–Crippen MR) is 94.7 cm³/mol. The van der Waals surface area contributed by atoms with E-state index in [0.717, 1.165) is 6.42 Å². The Labute approximate surface area is 147 Å². The molecule has 1 heterocycles. The molecule has 7 heteroatoms. The van der Waals surface area contributed by atoms with Crippen molar-refractivity contribution in [3.8, 4) is 0 Å². The van der Waals surface area contributed by atoms with E-state index in [4.69, 9.17) is 0 Å². The molecular weight excluding hydrogens is 329 g/mol. The maximum Gasteiger partial charge on any atom is 0.401 e. The molecule has 0 spiro atoms. The van der Waals surface area contributed by atoms with E-state index in [2.05, 4.69) is 47.7 Å². The predicted octanol–water partition coefficient (Wildman–Crippen LogP) is 2.85. The van der Waals surface area contributed by atoms with Gasteiger partial charge < -0.3 is 10.6 Å². The number of likely N-dealkylation sites (tertiary alicyclic amines) is 1. The van der Waals surface area contributed by atoms with E-state index in [0.29, 0.717) is 32.1 Å². The van der Waals surface area contributed by atoms with Gasteiger partial charge in [0.2, 0.25) is 0 Å². The summed E-state index contributed by atoms with van der Waals surface area (Å²) in [6.07, 6.45) is -3.34. The first-order valence-electron chi connectivity index (χ1n) is 8.56. The normalized spacial score (nSPS) is 19.3. The van der Waals surface area contributed by atoms with Gasteiger partial charge in [-0.3, -0.25) is 9.89 Å². The number of rotatable bonds is 5. The molecule has 2 rings (SSSR count). The van der Waals surface area contributed by atoms with Crippen LogP contribution in [0.15, 0.2) is 23.2 Å². The third-order valence-electron chi connectivity index (χ3n) is 4.50. The van der Waals surface area contributed by atoms with E-state index >= 15 is 0 Å². The molecule has 0 bridgehead atoms. The van der Waals surface area contributed by atoms with Crippen LogP contribution in [0, 0.1) is 19.8 Å². The Bertz CT molecular complexity index is 598. The summed E-state index contributed by atoms with van der Waals surface area (Å²) in [4.78, 5) is 5.66. The number of nitrogens with one attached hydrogen (secondary N) is 2. The summed E-state index contributed by atoms with van der Waals surface area (Å²) in [5.74, 6) is 0.885. The van der Waals surface area contributed by atoms with Crippen molar-refractivity contribution < 1.29 is 13.2 Å². The van der Waals surface area contributed by atoms with Crippen LogP contribution < -0.4 is 10.6 Å². The molecule has 1 aliphatic rings. The molecule has 25 heavy (non-hydrogen) atoms.